The maximum atomic E-state index is 11.9. The minimum absolute atomic E-state index is 0.0298. The van der Waals surface area contributed by atoms with Gasteiger partial charge in [-0.3, -0.25) is 4.79 Å². The van der Waals surface area contributed by atoms with Crippen LogP contribution in [0.5, 0.6) is 5.75 Å². The number of methoxy groups -OCH3 is 1. The van der Waals surface area contributed by atoms with Crippen LogP contribution in [0.15, 0.2) is 36.5 Å². The molecule has 3 rings (SSSR count). The van der Waals surface area contributed by atoms with Crippen molar-refractivity contribution in [2.45, 2.75) is 13.0 Å². The van der Waals surface area contributed by atoms with E-state index in [-0.39, 0.29) is 5.91 Å². The summed E-state index contributed by atoms with van der Waals surface area (Å²) in [6, 6.07) is 9.99. The lowest BCUT2D eigenvalue weighted by atomic mass is 9.99. The molecule has 0 N–H and O–H groups in total. The van der Waals surface area contributed by atoms with Crippen LogP contribution in [-0.2, 0) is 13.0 Å². The molecule has 1 aromatic heterocycles. The highest BCUT2D eigenvalue weighted by atomic mass is 16.5. The first kappa shape index (κ1) is 15.3. The number of amides is 1. The molecule has 5 heteroatoms. The van der Waals surface area contributed by atoms with E-state index in [2.05, 4.69) is 22.0 Å². The number of hydrogen-bond donors (Lipinski definition) is 0. The van der Waals surface area contributed by atoms with Crippen molar-refractivity contribution in [1.82, 2.24) is 9.88 Å². The van der Waals surface area contributed by atoms with Crippen molar-refractivity contribution in [2.75, 3.05) is 32.6 Å². The second-order valence-electron chi connectivity index (χ2n) is 5.91. The van der Waals surface area contributed by atoms with E-state index in [1.54, 1.807) is 32.3 Å². The van der Waals surface area contributed by atoms with Crippen LogP contribution in [0.3, 0.4) is 0 Å². The number of benzene rings is 1. The summed E-state index contributed by atoms with van der Waals surface area (Å²) in [5.41, 5.74) is 3.24. The predicted octanol–water partition coefficient (Wildman–Crippen LogP) is 2.35. The lowest BCUT2D eigenvalue weighted by molar-refractivity contribution is 0.0827. The third kappa shape index (κ3) is 3.13. The molecular weight excluding hydrogens is 290 g/mol. The number of carbonyl (C=O) groups is 1. The Morgan fingerprint density at radius 3 is 2.70 bits per heavy atom. The van der Waals surface area contributed by atoms with Crippen molar-refractivity contribution in [3.05, 3.63) is 53.2 Å². The molecule has 0 aliphatic carbocycles. The van der Waals surface area contributed by atoms with Gasteiger partial charge in [0.25, 0.3) is 5.91 Å². The van der Waals surface area contributed by atoms with Gasteiger partial charge in [0.05, 0.1) is 12.7 Å². The summed E-state index contributed by atoms with van der Waals surface area (Å²) in [6.07, 6.45) is 2.64. The van der Waals surface area contributed by atoms with Crippen LogP contribution < -0.4 is 9.64 Å². The van der Waals surface area contributed by atoms with Gasteiger partial charge in [0, 0.05) is 33.4 Å². The number of nitrogens with zero attached hydrogens (tertiary/aromatic N) is 3. The SMILES string of the molecule is COc1ccc2c(c1)CN(c1ccc(C(=O)N(C)C)cn1)CC2. The van der Waals surface area contributed by atoms with E-state index in [1.807, 2.05) is 18.2 Å². The van der Waals surface area contributed by atoms with E-state index in [1.165, 1.54) is 11.1 Å². The maximum absolute atomic E-state index is 11.9. The topological polar surface area (TPSA) is 45.7 Å². The molecule has 0 saturated heterocycles. The molecule has 1 aromatic carbocycles. The summed E-state index contributed by atoms with van der Waals surface area (Å²) in [5.74, 6) is 1.75. The van der Waals surface area contributed by atoms with E-state index in [4.69, 9.17) is 4.74 Å². The van der Waals surface area contributed by atoms with Crippen LogP contribution >= 0.6 is 0 Å². The Hall–Kier alpha value is -2.56. The van der Waals surface area contributed by atoms with Gasteiger partial charge < -0.3 is 14.5 Å². The van der Waals surface area contributed by atoms with Gasteiger partial charge in [-0.1, -0.05) is 6.07 Å². The first-order chi connectivity index (χ1) is 11.1. The van der Waals surface area contributed by atoms with Crippen molar-refractivity contribution in [2.24, 2.45) is 0 Å². The average Bonchev–Trinajstić information content (AvgIpc) is 2.60. The van der Waals surface area contributed by atoms with Crippen molar-refractivity contribution >= 4 is 11.7 Å². The third-order valence-corrected chi connectivity index (χ3v) is 4.15. The second-order valence-corrected chi connectivity index (χ2v) is 5.91. The summed E-state index contributed by atoms with van der Waals surface area (Å²) in [5, 5.41) is 0. The van der Waals surface area contributed by atoms with Crippen LogP contribution in [0.4, 0.5) is 5.82 Å². The van der Waals surface area contributed by atoms with Gasteiger partial charge in [0.1, 0.15) is 11.6 Å². The zero-order valence-electron chi connectivity index (χ0n) is 13.7. The summed E-state index contributed by atoms with van der Waals surface area (Å²) >= 11 is 0. The predicted molar refractivity (Wildman–Crippen MR) is 90.0 cm³/mol. The van der Waals surface area contributed by atoms with Crippen molar-refractivity contribution in [3.8, 4) is 5.75 Å². The molecule has 2 aromatic rings. The zero-order chi connectivity index (χ0) is 16.4. The number of fused-ring (bicyclic) bond motifs is 1. The number of ether oxygens (including phenoxy) is 1. The molecule has 0 atom stereocenters. The molecule has 1 aliphatic heterocycles. The monoisotopic (exact) mass is 311 g/mol. The van der Waals surface area contributed by atoms with Crippen LogP contribution in [0.1, 0.15) is 21.5 Å². The van der Waals surface area contributed by atoms with Gasteiger partial charge in [-0.25, -0.2) is 4.98 Å². The lowest BCUT2D eigenvalue weighted by Gasteiger charge is -2.30. The van der Waals surface area contributed by atoms with Crippen molar-refractivity contribution < 1.29 is 9.53 Å². The van der Waals surface area contributed by atoms with Crippen LogP contribution in [0.25, 0.3) is 0 Å². The standard InChI is InChI=1S/C18H21N3O2/c1-20(2)18(22)14-5-7-17(19-11-14)21-9-8-13-4-6-16(23-3)10-15(13)12-21/h4-7,10-11H,8-9,12H2,1-3H3. The second kappa shape index (κ2) is 6.28. The third-order valence-electron chi connectivity index (χ3n) is 4.15. The molecule has 0 spiro atoms. The van der Waals surface area contributed by atoms with E-state index in [0.717, 1.165) is 31.1 Å². The van der Waals surface area contributed by atoms with E-state index < -0.39 is 0 Å². The molecule has 120 valence electrons. The van der Waals surface area contributed by atoms with Gasteiger partial charge in [-0.2, -0.15) is 0 Å². The molecule has 0 bridgehead atoms. The Labute approximate surface area is 136 Å². The average molecular weight is 311 g/mol. The number of rotatable bonds is 3. The molecule has 0 radical (unpaired) electrons. The Morgan fingerprint density at radius 2 is 2.04 bits per heavy atom. The van der Waals surface area contributed by atoms with Crippen molar-refractivity contribution in [3.63, 3.8) is 0 Å². The Bertz CT molecular complexity index is 711. The minimum atomic E-state index is -0.0298. The molecule has 0 saturated carbocycles. The fourth-order valence-corrected chi connectivity index (χ4v) is 2.81. The fourth-order valence-electron chi connectivity index (χ4n) is 2.81. The van der Waals surface area contributed by atoms with E-state index in [0.29, 0.717) is 5.56 Å². The quantitative estimate of drug-likeness (QED) is 0.873. The highest BCUT2D eigenvalue weighted by Gasteiger charge is 2.18. The first-order valence-corrected chi connectivity index (χ1v) is 7.67. The Morgan fingerprint density at radius 1 is 1.22 bits per heavy atom. The maximum Gasteiger partial charge on any atom is 0.254 e. The highest BCUT2D eigenvalue weighted by molar-refractivity contribution is 5.93. The summed E-state index contributed by atoms with van der Waals surface area (Å²) in [4.78, 5) is 20.2. The Balaban J connectivity index is 1.79. The molecule has 0 fully saturated rings. The van der Waals surface area contributed by atoms with Crippen LogP contribution in [-0.4, -0.2) is 43.5 Å². The Kier molecular flexibility index (Phi) is 4.19. The van der Waals surface area contributed by atoms with Crippen LogP contribution in [0, 0.1) is 0 Å². The number of aromatic nitrogens is 1. The molecule has 1 aliphatic rings. The zero-order valence-corrected chi connectivity index (χ0v) is 13.7. The molecule has 2 heterocycles. The molecule has 23 heavy (non-hydrogen) atoms. The van der Waals surface area contributed by atoms with E-state index >= 15 is 0 Å². The number of anilines is 1. The van der Waals surface area contributed by atoms with Gasteiger partial charge in [-0.05, 0) is 41.8 Å². The van der Waals surface area contributed by atoms with Gasteiger partial charge in [0.15, 0.2) is 0 Å². The highest BCUT2D eigenvalue weighted by Crippen LogP contribution is 2.26. The van der Waals surface area contributed by atoms with Crippen molar-refractivity contribution in [1.29, 1.82) is 0 Å². The van der Waals surface area contributed by atoms with Gasteiger partial charge in [0.2, 0.25) is 0 Å². The number of pyridine rings is 1. The first-order valence-electron chi connectivity index (χ1n) is 7.67. The summed E-state index contributed by atoms with van der Waals surface area (Å²) in [6.45, 7) is 1.73. The van der Waals surface area contributed by atoms with E-state index in [9.17, 15) is 4.79 Å². The van der Waals surface area contributed by atoms with Gasteiger partial charge >= 0.3 is 0 Å². The molecular formula is C18H21N3O2. The summed E-state index contributed by atoms with van der Waals surface area (Å²) < 4.78 is 5.31. The minimum Gasteiger partial charge on any atom is -0.497 e. The normalized spacial score (nSPS) is 13.4. The number of carbonyl (C=O) groups excluding carboxylic acids is 1. The molecule has 5 nitrogen and oxygen atoms in total. The molecule has 0 unspecified atom stereocenters. The lowest BCUT2D eigenvalue weighted by Crippen LogP contribution is -2.31. The molecule has 1 amide bonds. The van der Waals surface area contributed by atoms with Gasteiger partial charge in [-0.15, -0.1) is 0 Å². The van der Waals surface area contributed by atoms with Crippen LogP contribution in [0.2, 0.25) is 0 Å². The smallest absolute Gasteiger partial charge is 0.254 e. The number of hydrogen-bond acceptors (Lipinski definition) is 4. The largest absolute Gasteiger partial charge is 0.497 e. The summed E-state index contributed by atoms with van der Waals surface area (Å²) in [7, 11) is 5.17. The fraction of sp³-hybridized carbons (Fsp3) is 0.333.